The molecule has 0 saturated carbocycles. The molecule has 0 N–H and O–H groups in total. The second-order valence-corrected chi connectivity index (χ2v) is 11.4. The lowest BCUT2D eigenvalue weighted by Gasteiger charge is -2.00. The Labute approximate surface area is 190 Å². The molecule has 0 saturated heterocycles. The second kappa shape index (κ2) is 30.5. The first kappa shape index (κ1) is 29.0. The second-order valence-electron chi connectivity index (χ2n) is 4.76. The predicted molar refractivity (Wildman–Crippen MR) is 143 cm³/mol. The molecule has 0 aliphatic heterocycles. The summed E-state index contributed by atoms with van der Waals surface area (Å²) in [4.78, 5) is 0. The Hall–Kier alpha value is 2.80. The van der Waals surface area contributed by atoms with E-state index in [1.165, 1.54) is 71.7 Å². The molecule has 0 aliphatic carbocycles. The lowest BCUT2D eigenvalue weighted by Crippen LogP contribution is -1.89. The molecule has 0 aliphatic rings. The third-order valence-electron chi connectivity index (χ3n) is 2.52. The van der Waals surface area contributed by atoms with Gasteiger partial charge in [0.1, 0.15) is 0 Å². The van der Waals surface area contributed by atoms with Gasteiger partial charge in [-0.1, -0.05) is 0 Å². The number of thiol groups is 4. The maximum Gasteiger partial charge on any atom is 0.00210 e. The van der Waals surface area contributed by atoms with Gasteiger partial charge < -0.3 is 0 Å². The van der Waals surface area contributed by atoms with Crippen LogP contribution in [0.25, 0.3) is 0 Å². The van der Waals surface area contributed by atoms with Crippen LogP contribution in [0.1, 0.15) is 25.7 Å². The van der Waals surface area contributed by atoms with Gasteiger partial charge in [-0.05, 0) is 83.2 Å². The highest BCUT2D eigenvalue weighted by Gasteiger charge is 1.91. The van der Waals surface area contributed by atoms with Gasteiger partial charge in [0.2, 0.25) is 0 Å². The maximum atomic E-state index is 4.18. The van der Waals surface area contributed by atoms with Crippen LogP contribution in [0.3, 0.4) is 0 Å². The Kier molecular flexibility index (Phi) is 36.9. The van der Waals surface area contributed by atoms with Crippen LogP contribution in [0.5, 0.6) is 0 Å². The molecule has 0 fully saturated rings. The van der Waals surface area contributed by atoms with Crippen molar-refractivity contribution >= 4 is 97.6 Å². The van der Waals surface area contributed by atoms with Crippen molar-refractivity contribution in [1.29, 1.82) is 0 Å². The first-order valence-electron chi connectivity index (χ1n) is 8.57. The molecular formula is C16H36S8. The summed E-state index contributed by atoms with van der Waals surface area (Å²) in [6.45, 7) is 0. The summed E-state index contributed by atoms with van der Waals surface area (Å²) in [5.74, 6) is 14.3. The zero-order chi connectivity index (χ0) is 18.1. The van der Waals surface area contributed by atoms with E-state index in [1.54, 1.807) is 0 Å². The van der Waals surface area contributed by atoms with E-state index in [-0.39, 0.29) is 0 Å². The molecule has 0 nitrogen and oxygen atoms in total. The Morgan fingerprint density at radius 1 is 0.333 bits per heavy atom. The fourth-order valence-corrected chi connectivity index (χ4v) is 6.45. The molecule has 0 aromatic rings. The molecule has 0 rings (SSSR count). The van der Waals surface area contributed by atoms with Gasteiger partial charge in [0.05, 0.1) is 0 Å². The van der Waals surface area contributed by atoms with E-state index in [0.717, 1.165) is 23.0 Å². The molecule has 0 amide bonds. The highest BCUT2D eigenvalue weighted by atomic mass is 32.2. The van der Waals surface area contributed by atoms with E-state index in [4.69, 9.17) is 0 Å². The minimum atomic E-state index is 1.01. The Balaban J connectivity index is 0. The average Bonchev–Trinajstić information content (AvgIpc) is 2.60. The lowest BCUT2D eigenvalue weighted by molar-refractivity contribution is 1.08. The summed E-state index contributed by atoms with van der Waals surface area (Å²) in [7, 11) is 0. The van der Waals surface area contributed by atoms with Crippen LogP contribution in [-0.4, -0.2) is 69.0 Å². The van der Waals surface area contributed by atoms with Crippen LogP contribution in [0, 0.1) is 0 Å². The summed E-state index contributed by atoms with van der Waals surface area (Å²) < 4.78 is 0. The van der Waals surface area contributed by atoms with Gasteiger partial charge in [0.25, 0.3) is 0 Å². The van der Waals surface area contributed by atoms with E-state index < -0.39 is 0 Å². The monoisotopic (exact) mass is 484 g/mol. The van der Waals surface area contributed by atoms with Crippen LogP contribution in [-0.2, 0) is 0 Å². The molecule has 0 unspecified atom stereocenters. The summed E-state index contributed by atoms with van der Waals surface area (Å²) in [6, 6.07) is 0. The third kappa shape index (κ3) is 32.5. The molecule has 148 valence electrons. The molecule has 0 aromatic heterocycles. The number of thioether (sulfide) groups is 4. The van der Waals surface area contributed by atoms with Crippen molar-refractivity contribution in [1.82, 2.24) is 0 Å². The Morgan fingerprint density at radius 2 is 0.625 bits per heavy atom. The molecule has 0 spiro atoms. The van der Waals surface area contributed by atoms with Crippen molar-refractivity contribution in [3.63, 3.8) is 0 Å². The maximum absolute atomic E-state index is 4.18. The third-order valence-corrected chi connectivity index (χ3v) is 8.65. The van der Waals surface area contributed by atoms with Crippen LogP contribution < -0.4 is 0 Å². The van der Waals surface area contributed by atoms with Gasteiger partial charge in [0, 0.05) is 11.5 Å². The highest BCUT2D eigenvalue weighted by molar-refractivity contribution is 8.01. The van der Waals surface area contributed by atoms with Crippen molar-refractivity contribution in [2.24, 2.45) is 0 Å². The van der Waals surface area contributed by atoms with Crippen LogP contribution >= 0.6 is 97.6 Å². The standard InChI is InChI=1S/C9H20S4.C7H16S4/c10-4-1-6-12-8-3-9-13-7-2-5-11;8-2-6-10-4-1-5-11-7-3-9/h10-11H,1-9H2;8-9H,1-7H2. The zero-order valence-corrected chi connectivity index (χ0v) is 21.6. The van der Waals surface area contributed by atoms with Crippen molar-refractivity contribution in [2.45, 2.75) is 25.7 Å². The van der Waals surface area contributed by atoms with E-state index in [2.05, 4.69) is 74.0 Å². The van der Waals surface area contributed by atoms with Crippen LogP contribution in [0.2, 0.25) is 0 Å². The van der Waals surface area contributed by atoms with Crippen LogP contribution in [0.4, 0.5) is 0 Å². The van der Waals surface area contributed by atoms with E-state index in [9.17, 15) is 0 Å². The summed E-state index contributed by atoms with van der Waals surface area (Å²) in [5.41, 5.74) is 0. The van der Waals surface area contributed by atoms with E-state index in [0.29, 0.717) is 0 Å². The molecular weight excluding hydrogens is 449 g/mol. The Morgan fingerprint density at radius 3 is 0.917 bits per heavy atom. The van der Waals surface area contributed by atoms with Crippen molar-refractivity contribution < 1.29 is 0 Å². The molecule has 8 heteroatoms. The van der Waals surface area contributed by atoms with Gasteiger partial charge in [-0.3, -0.25) is 0 Å². The highest BCUT2D eigenvalue weighted by Crippen LogP contribution is 2.10. The van der Waals surface area contributed by atoms with Crippen molar-refractivity contribution in [3.8, 4) is 0 Å². The topological polar surface area (TPSA) is 0 Å². The molecule has 0 atom stereocenters. The number of hydrogen-bond acceptors (Lipinski definition) is 8. The average molecular weight is 485 g/mol. The number of hydrogen-bond donors (Lipinski definition) is 4. The fourth-order valence-electron chi connectivity index (χ4n) is 1.40. The first-order chi connectivity index (χ1) is 11.8. The van der Waals surface area contributed by atoms with E-state index >= 15 is 0 Å². The lowest BCUT2D eigenvalue weighted by atomic mass is 10.6. The van der Waals surface area contributed by atoms with Gasteiger partial charge >= 0.3 is 0 Å². The van der Waals surface area contributed by atoms with Gasteiger partial charge in [-0.15, -0.1) is 0 Å². The molecule has 0 bridgehead atoms. The predicted octanol–water partition coefficient (Wildman–Crippen LogP) is 6.19. The smallest absolute Gasteiger partial charge is 0.00210 e. The number of rotatable bonds is 18. The van der Waals surface area contributed by atoms with Gasteiger partial charge in [-0.2, -0.15) is 97.6 Å². The fraction of sp³-hybridized carbons (Fsp3) is 1.00. The first-order valence-corrected chi connectivity index (χ1v) is 15.7. The largest absolute Gasteiger partial charge is 0.179 e. The summed E-state index contributed by atoms with van der Waals surface area (Å²) >= 11 is 24.8. The minimum Gasteiger partial charge on any atom is -0.179 e. The quantitative estimate of drug-likeness (QED) is 0.135. The van der Waals surface area contributed by atoms with Crippen LogP contribution in [0.15, 0.2) is 0 Å². The normalized spacial score (nSPS) is 10.5. The SMILES string of the molecule is SCCCSCCCSCCCS.SCCSCCCSCCS. The Bertz CT molecular complexity index is 177. The van der Waals surface area contributed by atoms with Gasteiger partial charge in [0.15, 0.2) is 0 Å². The van der Waals surface area contributed by atoms with E-state index in [1.807, 2.05) is 23.5 Å². The molecule has 0 aromatic carbocycles. The molecule has 24 heavy (non-hydrogen) atoms. The molecule has 0 radical (unpaired) electrons. The van der Waals surface area contributed by atoms with Crippen molar-refractivity contribution in [2.75, 3.05) is 69.0 Å². The van der Waals surface area contributed by atoms with Gasteiger partial charge in [-0.25, -0.2) is 0 Å². The molecule has 0 heterocycles. The summed E-state index contributed by atoms with van der Waals surface area (Å²) in [5, 5.41) is 0. The minimum absolute atomic E-state index is 1.01. The van der Waals surface area contributed by atoms with Crippen molar-refractivity contribution in [3.05, 3.63) is 0 Å². The zero-order valence-electron chi connectivity index (χ0n) is 14.7. The summed E-state index contributed by atoms with van der Waals surface area (Å²) in [6.07, 6.45) is 5.19.